The van der Waals surface area contributed by atoms with Gasteiger partial charge in [0, 0.05) is 31.7 Å². The van der Waals surface area contributed by atoms with E-state index in [9.17, 15) is 9.59 Å². The average Bonchev–Trinajstić information content (AvgIpc) is 3.09. The molecule has 0 spiro atoms. The lowest BCUT2D eigenvalue weighted by atomic mass is 10.0. The second-order valence-corrected chi connectivity index (χ2v) is 6.29. The molecule has 1 aromatic heterocycles. The average molecular weight is 326 g/mol. The Hall–Kier alpha value is -2.40. The summed E-state index contributed by atoms with van der Waals surface area (Å²) in [5.74, 6) is 0.425. The van der Waals surface area contributed by atoms with Crippen molar-refractivity contribution in [1.82, 2.24) is 9.80 Å². The third-order valence-corrected chi connectivity index (χ3v) is 4.44. The molecule has 1 aromatic carbocycles. The van der Waals surface area contributed by atoms with E-state index in [1.165, 1.54) is 6.26 Å². The normalized spacial score (nSPS) is 15.5. The number of hydrogen-bond acceptors (Lipinski definition) is 4. The second-order valence-electron chi connectivity index (χ2n) is 6.29. The van der Waals surface area contributed by atoms with E-state index in [0.29, 0.717) is 38.5 Å². The van der Waals surface area contributed by atoms with E-state index in [-0.39, 0.29) is 11.7 Å². The number of nitrogens with zero attached hydrogens (tertiary/aromatic N) is 2. The molecule has 1 aliphatic heterocycles. The summed E-state index contributed by atoms with van der Waals surface area (Å²) in [6, 6.07) is 9.31. The van der Waals surface area contributed by atoms with E-state index in [0.717, 1.165) is 16.7 Å². The zero-order chi connectivity index (χ0) is 17.1. The third-order valence-electron chi connectivity index (χ3n) is 4.44. The van der Waals surface area contributed by atoms with Crippen LogP contribution < -0.4 is 0 Å². The Labute approximate surface area is 141 Å². The van der Waals surface area contributed by atoms with Gasteiger partial charge in [0.15, 0.2) is 11.5 Å². The number of furan rings is 1. The highest BCUT2D eigenvalue weighted by molar-refractivity contribution is 5.99. The highest BCUT2D eigenvalue weighted by Gasteiger charge is 2.25. The molecule has 24 heavy (non-hydrogen) atoms. The van der Waals surface area contributed by atoms with Crippen LogP contribution in [0.5, 0.6) is 0 Å². The molecule has 0 aliphatic carbocycles. The van der Waals surface area contributed by atoms with Crippen LogP contribution in [0.4, 0.5) is 0 Å². The molecule has 5 heteroatoms. The van der Waals surface area contributed by atoms with Gasteiger partial charge in [-0.1, -0.05) is 23.8 Å². The standard InChI is InChI=1S/C19H22N2O3/c1-14-5-6-16(15(2)12-14)17(22)13-20-7-9-21(10-8-20)19(23)18-4-3-11-24-18/h3-6,11-12H,7-10,13H2,1-2H3. The van der Waals surface area contributed by atoms with Crippen LogP contribution in [-0.4, -0.2) is 54.2 Å². The van der Waals surface area contributed by atoms with Crippen LogP contribution in [0.2, 0.25) is 0 Å². The van der Waals surface area contributed by atoms with Crippen molar-refractivity contribution in [2.24, 2.45) is 0 Å². The van der Waals surface area contributed by atoms with Crippen molar-refractivity contribution >= 4 is 11.7 Å². The summed E-state index contributed by atoms with van der Waals surface area (Å²) < 4.78 is 5.16. The summed E-state index contributed by atoms with van der Waals surface area (Å²) in [5.41, 5.74) is 2.97. The van der Waals surface area contributed by atoms with E-state index in [1.54, 1.807) is 17.0 Å². The quantitative estimate of drug-likeness (QED) is 0.810. The lowest BCUT2D eigenvalue weighted by molar-refractivity contribution is 0.0596. The van der Waals surface area contributed by atoms with E-state index in [1.807, 2.05) is 32.0 Å². The predicted octanol–water partition coefficient (Wildman–Crippen LogP) is 2.54. The molecule has 1 aliphatic rings. The summed E-state index contributed by atoms with van der Waals surface area (Å²) in [4.78, 5) is 28.6. The van der Waals surface area contributed by atoms with E-state index < -0.39 is 0 Å². The molecule has 3 rings (SSSR count). The van der Waals surface area contributed by atoms with Gasteiger partial charge in [0.25, 0.3) is 5.91 Å². The van der Waals surface area contributed by atoms with Crippen molar-refractivity contribution in [2.45, 2.75) is 13.8 Å². The van der Waals surface area contributed by atoms with Crippen molar-refractivity contribution in [3.63, 3.8) is 0 Å². The summed E-state index contributed by atoms with van der Waals surface area (Å²) >= 11 is 0. The third kappa shape index (κ3) is 3.57. The molecule has 1 fully saturated rings. The van der Waals surface area contributed by atoms with Crippen molar-refractivity contribution in [3.8, 4) is 0 Å². The molecule has 5 nitrogen and oxygen atoms in total. The number of amides is 1. The largest absolute Gasteiger partial charge is 0.459 e. The number of carbonyl (C=O) groups excluding carboxylic acids is 2. The first-order valence-electron chi connectivity index (χ1n) is 8.20. The van der Waals surface area contributed by atoms with Gasteiger partial charge in [-0.05, 0) is 31.5 Å². The predicted molar refractivity (Wildman–Crippen MR) is 91.3 cm³/mol. The number of hydrogen-bond donors (Lipinski definition) is 0. The molecular formula is C19H22N2O3. The van der Waals surface area contributed by atoms with Gasteiger partial charge in [0.05, 0.1) is 12.8 Å². The van der Waals surface area contributed by atoms with Gasteiger partial charge in [-0.25, -0.2) is 0 Å². The fourth-order valence-corrected chi connectivity index (χ4v) is 3.08. The number of carbonyl (C=O) groups is 2. The molecule has 0 atom stereocenters. The molecule has 0 saturated carbocycles. The van der Waals surface area contributed by atoms with Gasteiger partial charge in [0.2, 0.25) is 0 Å². The second kappa shape index (κ2) is 7.01. The monoisotopic (exact) mass is 326 g/mol. The summed E-state index contributed by atoms with van der Waals surface area (Å²) in [6.45, 7) is 7.01. The molecule has 0 unspecified atom stereocenters. The van der Waals surface area contributed by atoms with Gasteiger partial charge in [-0.15, -0.1) is 0 Å². The summed E-state index contributed by atoms with van der Waals surface area (Å²) in [6.07, 6.45) is 1.51. The topological polar surface area (TPSA) is 53.8 Å². The molecule has 0 bridgehead atoms. The zero-order valence-electron chi connectivity index (χ0n) is 14.1. The van der Waals surface area contributed by atoms with Gasteiger partial charge < -0.3 is 9.32 Å². The lowest BCUT2D eigenvalue weighted by Gasteiger charge is -2.33. The Morgan fingerprint density at radius 1 is 1.08 bits per heavy atom. The van der Waals surface area contributed by atoms with E-state index >= 15 is 0 Å². The number of aryl methyl sites for hydroxylation is 2. The van der Waals surface area contributed by atoms with Crippen molar-refractivity contribution < 1.29 is 14.0 Å². The Kier molecular flexibility index (Phi) is 4.81. The molecular weight excluding hydrogens is 304 g/mol. The van der Waals surface area contributed by atoms with Gasteiger partial charge in [-0.2, -0.15) is 0 Å². The first-order valence-corrected chi connectivity index (χ1v) is 8.20. The first-order chi connectivity index (χ1) is 11.5. The first kappa shape index (κ1) is 16.5. The Morgan fingerprint density at radius 2 is 1.83 bits per heavy atom. The van der Waals surface area contributed by atoms with E-state index in [4.69, 9.17) is 4.42 Å². The highest BCUT2D eigenvalue weighted by atomic mass is 16.3. The minimum absolute atomic E-state index is 0.0830. The summed E-state index contributed by atoms with van der Waals surface area (Å²) in [5, 5.41) is 0. The fourth-order valence-electron chi connectivity index (χ4n) is 3.08. The zero-order valence-corrected chi connectivity index (χ0v) is 14.1. The molecule has 0 radical (unpaired) electrons. The minimum atomic E-state index is -0.0830. The SMILES string of the molecule is Cc1ccc(C(=O)CN2CCN(C(=O)c3ccco3)CC2)c(C)c1. The number of piperazine rings is 1. The number of Topliss-reactive ketones (excluding diaryl/α,β-unsaturated/α-hetero) is 1. The summed E-state index contributed by atoms with van der Waals surface area (Å²) in [7, 11) is 0. The smallest absolute Gasteiger partial charge is 0.289 e. The van der Waals surface area contributed by atoms with Gasteiger partial charge in [-0.3, -0.25) is 14.5 Å². The molecule has 2 heterocycles. The number of ketones is 1. The molecule has 126 valence electrons. The fraction of sp³-hybridized carbons (Fsp3) is 0.368. The molecule has 1 saturated heterocycles. The Bertz CT molecular complexity index is 729. The van der Waals surface area contributed by atoms with Crippen LogP contribution in [0.1, 0.15) is 32.0 Å². The number of benzene rings is 1. The maximum atomic E-state index is 12.5. The van der Waals surface area contributed by atoms with Crippen molar-refractivity contribution in [3.05, 3.63) is 59.0 Å². The van der Waals surface area contributed by atoms with Gasteiger partial charge in [0.1, 0.15) is 0 Å². The highest BCUT2D eigenvalue weighted by Crippen LogP contribution is 2.14. The minimum Gasteiger partial charge on any atom is -0.459 e. The van der Waals surface area contributed by atoms with Gasteiger partial charge >= 0.3 is 0 Å². The lowest BCUT2D eigenvalue weighted by Crippen LogP contribution is -2.49. The molecule has 2 aromatic rings. The van der Waals surface area contributed by atoms with Crippen LogP contribution in [0, 0.1) is 13.8 Å². The van der Waals surface area contributed by atoms with Crippen LogP contribution in [0.25, 0.3) is 0 Å². The number of rotatable bonds is 4. The molecule has 1 amide bonds. The van der Waals surface area contributed by atoms with Crippen LogP contribution in [0.15, 0.2) is 41.0 Å². The van der Waals surface area contributed by atoms with Crippen LogP contribution in [-0.2, 0) is 0 Å². The van der Waals surface area contributed by atoms with E-state index in [2.05, 4.69) is 4.90 Å². The Balaban J connectivity index is 1.55. The van der Waals surface area contributed by atoms with Crippen LogP contribution in [0.3, 0.4) is 0 Å². The maximum absolute atomic E-state index is 12.5. The van der Waals surface area contributed by atoms with Crippen molar-refractivity contribution in [1.29, 1.82) is 0 Å². The van der Waals surface area contributed by atoms with Crippen molar-refractivity contribution in [2.75, 3.05) is 32.7 Å². The molecule has 0 N–H and O–H groups in total. The Morgan fingerprint density at radius 3 is 2.46 bits per heavy atom. The maximum Gasteiger partial charge on any atom is 0.289 e. The van der Waals surface area contributed by atoms with Crippen LogP contribution >= 0.6 is 0 Å².